The summed E-state index contributed by atoms with van der Waals surface area (Å²) in [6, 6.07) is 1.79. The molecule has 2 unspecified atom stereocenters. The van der Waals surface area contributed by atoms with Crippen LogP contribution in [0.1, 0.15) is 42.5 Å². The molecule has 0 aromatic carbocycles. The van der Waals surface area contributed by atoms with E-state index in [1.807, 2.05) is 4.90 Å². The summed E-state index contributed by atoms with van der Waals surface area (Å²) >= 11 is 0. The summed E-state index contributed by atoms with van der Waals surface area (Å²) in [5, 5.41) is 2.68. The van der Waals surface area contributed by atoms with E-state index in [1.165, 1.54) is 31.5 Å². The largest absolute Gasteiger partial charge is 0.371 e. The lowest BCUT2D eigenvalue weighted by Gasteiger charge is -2.37. The number of nitrogens with zero attached hydrogens (tertiary/aromatic N) is 2. The number of likely N-dealkylation sites (tertiary alicyclic amines) is 1. The fourth-order valence-corrected chi connectivity index (χ4v) is 3.64. The van der Waals surface area contributed by atoms with Gasteiger partial charge in [0.1, 0.15) is 0 Å². The molecule has 2 fully saturated rings. The normalized spacial score (nSPS) is 25.4. The molecule has 2 aliphatic rings. The molecule has 1 N–H and O–H groups in total. The van der Waals surface area contributed by atoms with E-state index in [9.17, 15) is 9.18 Å². The highest BCUT2D eigenvalue weighted by Gasteiger charge is 2.38. The number of aromatic nitrogens is 1. The molecule has 0 radical (unpaired) electrons. The smallest absolute Gasteiger partial charge is 0.257 e. The third kappa shape index (κ3) is 2.15. The predicted octanol–water partition coefficient (Wildman–Crippen LogP) is 2.67. The van der Waals surface area contributed by atoms with Gasteiger partial charge in [-0.25, -0.2) is 9.37 Å². The molecule has 3 rings (SSSR count). The number of carbonyl (C=O) groups excluding carboxylic acids is 1. The average molecular weight is 277 g/mol. The van der Waals surface area contributed by atoms with Gasteiger partial charge in [-0.3, -0.25) is 4.79 Å². The lowest BCUT2D eigenvalue weighted by molar-refractivity contribution is 0.0543. The van der Waals surface area contributed by atoms with Crippen molar-refractivity contribution in [2.75, 3.05) is 18.9 Å². The number of hydrogen-bond acceptors (Lipinski definition) is 3. The summed E-state index contributed by atoms with van der Waals surface area (Å²) in [7, 11) is 1.60. The first-order valence-electron chi connectivity index (χ1n) is 7.35. The van der Waals surface area contributed by atoms with E-state index >= 15 is 0 Å². The zero-order valence-corrected chi connectivity index (χ0v) is 11.7. The van der Waals surface area contributed by atoms with Gasteiger partial charge in [-0.1, -0.05) is 6.42 Å². The van der Waals surface area contributed by atoms with E-state index < -0.39 is 5.82 Å². The number of anilines is 1. The van der Waals surface area contributed by atoms with Crippen molar-refractivity contribution in [1.82, 2.24) is 9.88 Å². The van der Waals surface area contributed by atoms with Crippen LogP contribution in [0.3, 0.4) is 0 Å². The molecular weight excluding hydrogens is 257 g/mol. The van der Waals surface area contributed by atoms with Crippen LogP contribution in [-0.4, -0.2) is 35.4 Å². The number of amides is 1. The Morgan fingerprint density at radius 3 is 3.00 bits per heavy atom. The number of rotatable bonds is 2. The number of pyridine rings is 1. The average Bonchev–Trinajstić information content (AvgIpc) is 2.95. The first kappa shape index (κ1) is 13.3. The molecule has 1 aromatic rings. The fourth-order valence-electron chi connectivity index (χ4n) is 3.64. The molecule has 1 aliphatic heterocycles. The Kier molecular flexibility index (Phi) is 3.59. The molecule has 1 saturated heterocycles. The lowest BCUT2D eigenvalue weighted by Crippen LogP contribution is -2.46. The number of piperidine rings is 1. The van der Waals surface area contributed by atoms with Gasteiger partial charge in [0.05, 0.1) is 5.56 Å². The number of hydrogen-bond donors (Lipinski definition) is 1. The van der Waals surface area contributed by atoms with E-state index in [-0.39, 0.29) is 17.3 Å². The van der Waals surface area contributed by atoms with Crippen molar-refractivity contribution >= 4 is 11.7 Å². The Morgan fingerprint density at radius 2 is 2.20 bits per heavy atom. The van der Waals surface area contributed by atoms with Gasteiger partial charge < -0.3 is 10.2 Å². The Hall–Kier alpha value is -1.65. The first-order valence-corrected chi connectivity index (χ1v) is 7.35. The fraction of sp³-hybridized carbons (Fsp3) is 0.600. The third-order valence-corrected chi connectivity index (χ3v) is 4.61. The van der Waals surface area contributed by atoms with Crippen LogP contribution in [0.15, 0.2) is 12.3 Å². The van der Waals surface area contributed by atoms with Crippen LogP contribution >= 0.6 is 0 Å². The van der Waals surface area contributed by atoms with E-state index in [0.29, 0.717) is 12.0 Å². The zero-order chi connectivity index (χ0) is 14.1. The molecule has 1 saturated carbocycles. The Balaban J connectivity index is 1.88. The SMILES string of the molecule is CNc1nccc(C(=O)N2CCCC3CCCC32)c1F. The maximum atomic E-state index is 14.2. The molecule has 0 spiro atoms. The number of fused-ring (bicyclic) bond motifs is 1. The minimum Gasteiger partial charge on any atom is -0.371 e. The topological polar surface area (TPSA) is 45.2 Å². The molecule has 2 heterocycles. The van der Waals surface area contributed by atoms with Gasteiger partial charge in [-0.05, 0) is 37.7 Å². The first-order chi connectivity index (χ1) is 9.72. The summed E-state index contributed by atoms with van der Waals surface area (Å²) in [6.07, 6.45) is 7.16. The molecular formula is C15H20FN3O. The minimum atomic E-state index is -0.542. The van der Waals surface area contributed by atoms with Crippen molar-refractivity contribution in [2.24, 2.45) is 5.92 Å². The van der Waals surface area contributed by atoms with Gasteiger partial charge in [0.15, 0.2) is 11.6 Å². The highest BCUT2D eigenvalue weighted by atomic mass is 19.1. The molecule has 1 amide bonds. The molecule has 4 nitrogen and oxygen atoms in total. The highest BCUT2D eigenvalue weighted by Crippen LogP contribution is 2.37. The molecule has 108 valence electrons. The number of carbonyl (C=O) groups is 1. The number of halogens is 1. The third-order valence-electron chi connectivity index (χ3n) is 4.61. The Bertz CT molecular complexity index is 520. The van der Waals surface area contributed by atoms with Crippen LogP contribution in [0.2, 0.25) is 0 Å². The van der Waals surface area contributed by atoms with Crippen molar-refractivity contribution in [1.29, 1.82) is 0 Å². The van der Waals surface area contributed by atoms with Crippen molar-refractivity contribution in [3.63, 3.8) is 0 Å². The quantitative estimate of drug-likeness (QED) is 0.904. The molecule has 2 atom stereocenters. The van der Waals surface area contributed by atoms with E-state index in [2.05, 4.69) is 10.3 Å². The Morgan fingerprint density at radius 1 is 1.40 bits per heavy atom. The summed E-state index contributed by atoms with van der Waals surface area (Å²) < 4.78 is 14.2. The summed E-state index contributed by atoms with van der Waals surface area (Å²) in [4.78, 5) is 18.4. The second-order valence-corrected chi connectivity index (χ2v) is 5.67. The summed E-state index contributed by atoms with van der Waals surface area (Å²) in [5.74, 6) is 0.0234. The van der Waals surface area contributed by atoms with Gasteiger partial charge in [-0.2, -0.15) is 0 Å². The second kappa shape index (κ2) is 5.38. The Labute approximate surface area is 118 Å². The van der Waals surface area contributed by atoms with Crippen LogP contribution in [0.5, 0.6) is 0 Å². The van der Waals surface area contributed by atoms with Crippen LogP contribution in [0.25, 0.3) is 0 Å². The van der Waals surface area contributed by atoms with E-state index in [4.69, 9.17) is 0 Å². The molecule has 5 heteroatoms. The highest BCUT2D eigenvalue weighted by molar-refractivity contribution is 5.95. The molecule has 0 bridgehead atoms. The van der Waals surface area contributed by atoms with Gasteiger partial charge in [0, 0.05) is 25.8 Å². The van der Waals surface area contributed by atoms with Gasteiger partial charge in [-0.15, -0.1) is 0 Å². The lowest BCUT2D eigenvalue weighted by atomic mass is 9.91. The monoisotopic (exact) mass is 277 g/mol. The van der Waals surface area contributed by atoms with Crippen LogP contribution in [0, 0.1) is 11.7 Å². The van der Waals surface area contributed by atoms with Gasteiger partial charge >= 0.3 is 0 Å². The summed E-state index contributed by atoms with van der Waals surface area (Å²) in [6.45, 7) is 0.747. The van der Waals surface area contributed by atoms with Gasteiger partial charge in [0.25, 0.3) is 5.91 Å². The van der Waals surface area contributed by atoms with Crippen LogP contribution in [-0.2, 0) is 0 Å². The minimum absolute atomic E-state index is 0.135. The maximum Gasteiger partial charge on any atom is 0.257 e. The second-order valence-electron chi connectivity index (χ2n) is 5.67. The van der Waals surface area contributed by atoms with Crippen LogP contribution < -0.4 is 5.32 Å². The zero-order valence-electron chi connectivity index (χ0n) is 11.7. The van der Waals surface area contributed by atoms with Crippen LogP contribution in [0.4, 0.5) is 10.2 Å². The standard InChI is InChI=1S/C15H20FN3O/c1-17-14-13(16)11(7-8-18-14)15(20)19-9-3-5-10-4-2-6-12(10)19/h7-8,10,12H,2-6,9H2,1H3,(H,17,18). The van der Waals surface area contributed by atoms with E-state index in [0.717, 1.165) is 19.4 Å². The van der Waals surface area contributed by atoms with E-state index in [1.54, 1.807) is 7.05 Å². The predicted molar refractivity (Wildman–Crippen MR) is 75.1 cm³/mol. The van der Waals surface area contributed by atoms with Crippen molar-refractivity contribution in [3.05, 3.63) is 23.6 Å². The molecule has 20 heavy (non-hydrogen) atoms. The van der Waals surface area contributed by atoms with Gasteiger partial charge in [0.2, 0.25) is 0 Å². The maximum absolute atomic E-state index is 14.2. The van der Waals surface area contributed by atoms with Crippen molar-refractivity contribution in [2.45, 2.75) is 38.1 Å². The molecule has 1 aromatic heterocycles. The van der Waals surface area contributed by atoms with Crippen molar-refractivity contribution < 1.29 is 9.18 Å². The van der Waals surface area contributed by atoms with Crippen molar-refractivity contribution in [3.8, 4) is 0 Å². The number of nitrogens with one attached hydrogen (secondary N) is 1. The molecule has 1 aliphatic carbocycles. The summed E-state index contributed by atoms with van der Waals surface area (Å²) in [5.41, 5.74) is 0.136.